The van der Waals surface area contributed by atoms with Crippen LogP contribution in [-0.4, -0.2) is 31.3 Å². The van der Waals surface area contributed by atoms with Crippen molar-refractivity contribution in [3.05, 3.63) is 0 Å². The first kappa shape index (κ1) is 22.7. The van der Waals surface area contributed by atoms with Crippen molar-refractivity contribution in [1.29, 1.82) is 0 Å². The minimum absolute atomic E-state index is 0. The first-order chi connectivity index (χ1) is 8.95. The summed E-state index contributed by atoms with van der Waals surface area (Å²) in [6, 6.07) is 0. The minimum Gasteiger partial charge on any atom is -0.748 e. The van der Waals surface area contributed by atoms with Gasteiger partial charge in [-0.05, 0) is 12.8 Å². The maximum Gasteiger partial charge on any atom is 1.00 e. The fourth-order valence-corrected chi connectivity index (χ4v) is 2.29. The molecule has 0 aromatic heterocycles. The number of carbonyl (C=O) groups is 1. The second kappa shape index (κ2) is 14.3. The standard InChI is InChI=1S/C13H26O5S.Na/c1-2-13(14)18-11-9-7-5-3-4-6-8-10-12-19(15,16)17;/h2-12H2,1H3,(H,15,16,17);/q;+1/p-1. The van der Waals surface area contributed by atoms with Crippen LogP contribution in [0.4, 0.5) is 0 Å². The first-order valence-electron chi connectivity index (χ1n) is 7.05. The molecule has 0 rings (SSSR count). The third kappa shape index (κ3) is 18.4. The molecule has 7 heteroatoms. The topological polar surface area (TPSA) is 83.5 Å². The Bertz CT molecular complexity index is 330. The number of carbonyl (C=O) groups excluding carboxylic acids is 1. The van der Waals surface area contributed by atoms with Gasteiger partial charge >= 0.3 is 35.5 Å². The summed E-state index contributed by atoms with van der Waals surface area (Å²) in [7, 11) is -4.03. The molecule has 0 amide bonds. The largest absolute Gasteiger partial charge is 1.00 e. The Morgan fingerprint density at radius 2 is 1.40 bits per heavy atom. The number of hydrogen-bond donors (Lipinski definition) is 0. The zero-order valence-corrected chi connectivity index (χ0v) is 15.5. The first-order valence-corrected chi connectivity index (χ1v) is 8.62. The summed E-state index contributed by atoms with van der Waals surface area (Å²) in [5.41, 5.74) is 0. The molecular weight excluding hydrogens is 291 g/mol. The Hall–Kier alpha value is 0.380. The average molecular weight is 316 g/mol. The Morgan fingerprint density at radius 3 is 1.85 bits per heavy atom. The van der Waals surface area contributed by atoms with Gasteiger partial charge in [0, 0.05) is 12.2 Å². The van der Waals surface area contributed by atoms with E-state index >= 15 is 0 Å². The summed E-state index contributed by atoms with van der Waals surface area (Å²) in [4.78, 5) is 10.8. The van der Waals surface area contributed by atoms with Crippen molar-refractivity contribution in [3.8, 4) is 0 Å². The third-order valence-corrected chi connectivity index (χ3v) is 3.63. The summed E-state index contributed by atoms with van der Waals surface area (Å²) in [5.74, 6) is -0.385. The third-order valence-electron chi connectivity index (χ3n) is 2.84. The Morgan fingerprint density at radius 1 is 0.950 bits per heavy atom. The van der Waals surface area contributed by atoms with Crippen LogP contribution >= 0.6 is 0 Å². The van der Waals surface area contributed by atoms with Crippen molar-refractivity contribution in [3.63, 3.8) is 0 Å². The average Bonchev–Trinajstić information content (AvgIpc) is 2.34. The number of ether oxygens (including phenoxy) is 1. The minimum atomic E-state index is -4.03. The van der Waals surface area contributed by atoms with Crippen LogP contribution in [0.1, 0.15) is 64.7 Å². The molecular formula is C13H25NaO5S. The molecule has 0 spiro atoms. The van der Waals surface area contributed by atoms with Crippen LogP contribution in [0.5, 0.6) is 0 Å². The van der Waals surface area contributed by atoms with E-state index in [1.54, 1.807) is 6.92 Å². The smallest absolute Gasteiger partial charge is 0.748 e. The SMILES string of the molecule is CCC(=O)OCCCCCCCCCCS(=O)(=O)[O-].[Na+]. The van der Waals surface area contributed by atoms with E-state index in [-0.39, 0.29) is 41.3 Å². The van der Waals surface area contributed by atoms with Gasteiger partial charge in [0.15, 0.2) is 0 Å². The monoisotopic (exact) mass is 316 g/mol. The van der Waals surface area contributed by atoms with Crippen LogP contribution in [-0.2, 0) is 19.6 Å². The van der Waals surface area contributed by atoms with Crippen LogP contribution in [0.2, 0.25) is 0 Å². The summed E-state index contributed by atoms with van der Waals surface area (Å²) in [5, 5.41) is 0. The maximum absolute atomic E-state index is 10.8. The molecule has 0 bridgehead atoms. The van der Waals surface area contributed by atoms with Gasteiger partial charge in [-0.2, -0.15) is 0 Å². The van der Waals surface area contributed by atoms with Gasteiger partial charge in [-0.1, -0.05) is 45.4 Å². The maximum atomic E-state index is 10.8. The molecule has 0 fully saturated rings. The molecule has 20 heavy (non-hydrogen) atoms. The van der Waals surface area contributed by atoms with E-state index < -0.39 is 10.1 Å². The summed E-state index contributed by atoms with van der Waals surface area (Å²) < 4.78 is 36.0. The van der Waals surface area contributed by atoms with E-state index in [1.165, 1.54) is 0 Å². The van der Waals surface area contributed by atoms with Crippen molar-refractivity contribution < 1.29 is 52.1 Å². The van der Waals surface area contributed by atoms with Crippen LogP contribution in [0.25, 0.3) is 0 Å². The predicted molar refractivity (Wildman–Crippen MR) is 72.8 cm³/mol. The fraction of sp³-hybridized carbons (Fsp3) is 0.923. The summed E-state index contributed by atoms with van der Waals surface area (Å²) in [6.07, 6.45) is 7.89. The van der Waals surface area contributed by atoms with Crippen molar-refractivity contribution >= 4 is 16.1 Å². The van der Waals surface area contributed by atoms with Gasteiger partial charge in [0.2, 0.25) is 0 Å². The normalized spacial score (nSPS) is 10.9. The van der Waals surface area contributed by atoms with Crippen molar-refractivity contribution in [2.24, 2.45) is 0 Å². The van der Waals surface area contributed by atoms with Crippen LogP contribution in [0.3, 0.4) is 0 Å². The van der Waals surface area contributed by atoms with Gasteiger partial charge < -0.3 is 9.29 Å². The molecule has 0 aromatic carbocycles. The van der Waals surface area contributed by atoms with Crippen molar-refractivity contribution in [2.75, 3.05) is 12.4 Å². The Labute approximate surface area is 144 Å². The molecule has 5 nitrogen and oxygen atoms in total. The van der Waals surface area contributed by atoms with Crippen LogP contribution in [0, 0.1) is 0 Å². The molecule has 0 radical (unpaired) electrons. The van der Waals surface area contributed by atoms with Crippen LogP contribution in [0.15, 0.2) is 0 Å². The molecule has 0 aromatic rings. The molecule has 0 aliphatic rings. The van der Waals surface area contributed by atoms with E-state index in [2.05, 4.69) is 0 Å². The van der Waals surface area contributed by atoms with Gasteiger partial charge in [-0.3, -0.25) is 4.79 Å². The number of esters is 1. The fourth-order valence-electron chi connectivity index (χ4n) is 1.73. The van der Waals surface area contributed by atoms with E-state index in [9.17, 15) is 17.8 Å². The zero-order valence-electron chi connectivity index (χ0n) is 12.7. The molecule has 0 aliphatic carbocycles. The van der Waals surface area contributed by atoms with E-state index in [4.69, 9.17) is 4.74 Å². The number of hydrogen-bond acceptors (Lipinski definition) is 5. The van der Waals surface area contributed by atoms with Gasteiger partial charge in [-0.25, -0.2) is 8.42 Å². The van der Waals surface area contributed by atoms with Gasteiger partial charge in [0.05, 0.1) is 16.7 Å². The molecule has 0 saturated heterocycles. The summed E-state index contributed by atoms with van der Waals surface area (Å²) >= 11 is 0. The molecule has 114 valence electrons. The molecule has 0 atom stereocenters. The van der Waals surface area contributed by atoms with E-state index in [0.717, 1.165) is 44.9 Å². The second-order valence-electron chi connectivity index (χ2n) is 4.66. The summed E-state index contributed by atoms with van der Waals surface area (Å²) in [6.45, 7) is 2.29. The molecule has 0 N–H and O–H groups in total. The van der Waals surface area contributed by atoms with Crippen molar-refractivity contribution in [1.82, 2.24) is 0 Å². The molecule has 0 heterocycles. The molecule has 0 saturated carbocycles. The predicted octanol–water partition coefficient (Wildman–Crippen LogP) is -0.390. The van der Waals surface area contributed by atoms with Gasteiger partial charge in [-0.15, -0.1) is 0 Å². The van der Waals surface area contributed by atoms with E-state index in [0.29, 0.717) is 19.4 Å². The van der Waals surface area contributed by atoms with Gasteiger partial charge in [0.1, 0.15) is 0 Å². The molecule has 0 aliphatic heterocycles. The van der Waals surface area contributed by atoms with Crippen LogP contribution < -0.4 is 29.6 Å². The molecule has 0 unspecified atom stereocenters. The zero-order chi connectivity index (χ0) is 14.6. The number of unbranched alkanes of at least 4 members (excludes halogenated alkanes) is 7. The Kier molecular flexibility index (Phi) is 16.2. The van der Waals surface area contributed by atoms with Gasteiger partial charge in [0.25, 0.3) is 0 Å². The van der Waals surface area contributed by atoms with E-state index in [1.807, 2.05) is 0 Å². The quantitative estimate of drug-likeness (QED) is 0.212. The van der Waals surface area contributed by atoms with Crippen molar-refractivity contribution in [2.45, 2.75) is 64.7 Å². The Balaban J connectivity index is 0. The second-order valence-corrected chi connectivity index (χ2v) is 6.19. The number of rotatable bonds is 12.